The summed E-state index contributed by atoms with van der Waals surface area (Å²) in [6.07, 6.45) is -3.06. The van der Waals surface area contributed by atoms with Crippen LogP contribution in [0.5, 0.6) is 0 Å². The van der Waals surface area contributed by atoms with Crippen LogP contribution in [0.1, 0.15) is 42.0 Å². The molecule has 0 aliphatic carbocycles. The molecular weight excluding hydrogens is 426 g/mol. The summed E-state index contributed by atoms with van der Waals surface area (Å²) in [6, 6.07) is 10.3. The molecule has 156 valence electrons. The molecular formula is C21H20Cl2F3NO2. The second-order valence-electron chi connectivity index (χ2n) is 7.34. The monoisotopic (exact) mass is 445 g/mol. The smallest absolute Gasteiger partial charge is 0.416 e. The Morgan fingerprint density at radius 1 is 1.10 bits per heavy atom. The van der Waals surface area contributed by atoms with Gasteiger partial charge in [0.15, 0.2) is 0 Å². The van der Waals surface area contributed by atoms with E-state index < -0.39 is 17.7 Å². The molecule has 1 heterocycles. The van der Waals surface area contributed by atoms with Crippen LogP contribution in [0.15, 0.2) is 42.5 Å². The molecule has 1 saturated heterocycles. The predicted octanol–water partition coefficient (Wildman–Crippen LogP) is 6.44. The summed E-state index contributed by atoms with van der Waals surface area (Å²) >= 11 is 12.1. The fraction of sp³-hybridized carbons (Fsp3) is 0.381. The Labute approximate surface area is 177 Å². The molecule has 2 aromatic carbocycles. The van der Waals surface area contributed by atoms with Crippen molar-refractivity contribution < 1.29 is 23.1 Å². The number of likely N-dealkylation sites (tertiary alicyclic amines) is 1. The predicted molar refractivity (Wildman–Crippen MR) is 106 cm³/mol. The van der Waals surface area contributed by atoms with Gasteiger partial charge in [0, 0.05) is 19.0 Å². The molecule has 1 aliphatic rings. The van der Waals surface area contributed by atoms with Crippen molar-refractivity contribution in [2.45, 2.75) is 38.0 Å². The van der Waals surface area contributed by atoms with E-state index in [-0.39, 0.29) is 18.4 Å². The first-order chi connectivity index (χ1) is 13.6. The van der Waals surface area contributed by atoms with E-state index >= 15 is 0 Å². The van der Waals surface area contributed by atoms with Gasteiger partial charge in [-0.2, -0.15) is 13.2 Å². The van der Waals surface area contributed by atoms with Crippen LogP contribution < -0.4 is 0 Å². The highest BCUT2D eigenvalue weighted by atomic mass is 35.5. The number of rotatable bonds is 5. The van der Waals surface area contributed by atoms with Gasteiger partial charge < -0.3 is 5.11 Å². The van der Waals surface area contributed by atoms with Gasteiger partial charge in [0.05, 0.1) is 15.6 Å². The lowest BCUT2D eigenvalue weighted by Crippen LogP contribution is -2.37. The number of hydrogen-bond acceptors (Lipinski definition) is 2. The second-order valence-corrected chi connectivity index (χ2v) is 8.16. The molecule has 2 aromatic rings. The maximum atomic E-state index is 12.9. The summed E-state index contributed by atoms with van der Waals surface area (Å²) in [5.41, 5.74) is 0.983. The summed E-state index contributed by atoms with van der Waals surface area (Å²) in [5.74, 6) is -0.885. The van der Waals surface area contributed by atoms with Crippen molar-refractivity contribution in [3.05, 3.63) is 69.2 Å². The van der Waals surface area contributed by atoms with E-state index in [0.717, 1.165) is 23.3 Å². The van der Waals surface area contributed by atoms with Gasteiger partial charge in [0.2, 0.25) is 0 Å². The van der Waals surface area contributed by atoms with E-state index in [1.54, 1.807) is 12.1 Å². The quantitative estimate of drug-likeness (QED) is 0.575. The number of piperidine rings is 1. The zero-order chi connectivity index (χ0) is 21.2. The van der Waals surface area contributed by atoms with Gasteiger partial charge in [-0.15, -0.1) is 0 Å². The molecule has 0 aromatic heterocycles. The summed E-state index contributed by atoms with van der Waals surface area (Å²) in [5, 5.41) is 10.0. The van der Waals surface area contributed by atoms with Crippen LogP contribution in [0.4, 0.5) is 13.2 Å². The van der Waals surface area contributed by atoms with E-state index in [0.29, 0.717) is 36.0 Å². The van der Waals surface area contributed by atoms with Gasteiger partial charge >= 0.3 is 12.1 Å². The first kappa shape index (κ1) is 21.9. The number of carboxylic acid groups (broad SMARTS) is 1. The molecule has 3 rings (SSSR count). The Hall–Kier alpha value is -1.76. The average molecular weight is 446 g/mol. The first-order valence-electron chi connectivity index (χ1n) is 9.20. The van der Waals surface area contributed by atoms with Gasteiger partial charge in [0.25, 0.3) is 0 Å². The number of aliphatic carboxylic acids is 1. The Balaban J connectivity index is 1.85. The molecule has 29 heavy (non-hydrogen) atoms. The SMILES string of the molecule is O=C(O)C[C@@H]1CCN(Cc2ccc(Cl)c(Cl)c2)[C@H](c2ccc(C(F)(F)F)cc2)C1. The molecule has 0 radical (unpaired) electrons. The van der Waals surface area contributed by atoms with Gasteiger partial charge in [0.1, 0.15) is 0 Å². The second kappa shape index (κ2) is 8.94. The van der Waals surface area contributed by atoms with Crippen LogP contribution in [0, 0.1) is 5.92 Å². The van der Waals surface area contributed by atoms with Crippen LogP contribution in [-0.2, 0) is 17.5 Å². The number of carboxylic acids is 1. The number of carbonyl (C=O) groups is 1. The highest BCUT2D eigenvalue weighted by Crippen LogP contribution is 2.38. The molecule has 1 fully saturated rings. The zero-order valence-corrected chi connectivity index (χ0v) is 16.9. The number of halogens is 5. The Bertz CT molecular complexity index is 871. The van der Waals surface area contributed by atoms with E-state index in [1.807, 2.05) is 6.07 Å². The van der Waals surface area contributed by atoms with Crippen molar-refractivity contribution in [2.75, 3.05) is 6.54 Å². The standard InChI is InChI=1S/C21H20Cl2F3NO2/c22-17-6-1-14(9-18(17)23)12-27-8-7-13(11-20(28)29)10-19(27)15-2-4-16(5-3-15)21(24,25)26/h1-6,9,13,19H,7-8,10-12H2,(H,28,29)/t13-,19+/m1/s1. The highest BCUT2D eigenvalue weighted by molar-refractivity contribution is 6.42. The minimum absolute atomic E-state index is 0.0233. The minimum atomic E-state index is -4.39. The fourth-order valence-corrected chi connectivity index (χ4v) is 4.14. The van der Waals surface area contributed by atoms with Crippen LogP contribution in [0.25, 0.3) is 0 Å². The molecule has 0 amide bonds. The molecule has 0 unspecified atom stereocenters. The lowest BCUT2D eigenvalue weighted by atomic mass is 9.84. The third-order valence-electron chi connectivity index (χ3n) is 5.28. The topological polar surface area (TPSA) is 40.5 Å². The molecule has 2 atom stereocenters. The van der Waals surface area contributed by atoms with Gasteiger partial charge in [-0.05, 0) is 60.7 Å². The largest absolute Gasteiger partial charge is 0.481 e. The fourth-order valence-electron chi connectivity index (χ4n) is 3.82. The molecule has 0 spiro atoms. The maximum Gasteiger partial charge on any atom is 0.416 e. The van der Waals surface area contributed by atoms with Gasteiger partial charge in [-0.3, -0.25) is 9.69 Å². The van der Waals surface area contributed by atoms with E-state index in [1.165, 1.54) is 12.1 Å². The minimum Gasteiger partial charge on any atom is -0.481 e. The zero-order valence-electron chi connectivity index (χ0n) is 15.4. The summed E-state index contributed by atoms with van der Waals surface area (Å²) in [6.45, 7) is 1.19. The summed E-state index contributed by atoms with van der Waals surface area (Å²) in [4.78, 5) is 13.3. The van der Waals surface area contributed by atoms with Crippen molar-refractivity contribution in [3.8, 4) is 0 Å². The normalized spacial score (nSPS) is 20.6. The van der Waals surface area contributed by atoms with Crippen LogP contribution in [-0.4, -0.2) is 22.5 Å². The van der Waals surface area contributed by atoms with E-state index in [2.05, 4.69) is 4.90 Å². The first-order valence-corrected chi connectivity index (χ1v) is 9.96. The Morgan fingerprint density at radius 3 is 2.38 bits per heavy atom. The summed E-state index contributed by atoms with van der Waals surface area (Å²) in [7, 11) is 0. The van der Waals surface area contributed by atoms with Crippen molar-refractivity contribution in [3.63, 3.8) is 0 Å². The third kappa shape index (κ3) is 5.65. The lowest BCUT2D eigenvalue weighted by Gasteiger charge is -2.39. The third-order valence-corrected chi connectivity index (χ3v) is 6.02. The van der Waals surface area contributed by atoms with Gasteiger partial charge in [-0.1, -0.05) is 41.4 Å². The molecule has 0 bridgehead atoms. The lowest BCUT2D eigenvalue weighted by molar-refractivity contribution is -0.139. The maximum absolute atomic E-state index is 12.9. The van der Waals surface area contributed by atoms with Crippen molar-refractivity contribution >= 4 is 29.2 Å². The van der Waals surface area contributed by atoms with E-state index in [4.69, 9.17) is 28.3 Å². The number of alkyl halides is 3. The molecule has 1 N–H and O–H groups in total. The van der Waals surface area contributed by atoms with Gasteiger partial charge in [-0.25, -0.2) is 0 Å². The van der Waals surface area contributed by atoms with Crippen molar-refractivity contribution in [1.29, 1.82) is 0 Å². The molecule has 8 heteroatoms. The Kier molecular flexibility index (Phi) is 6.76. The van der Waals surface area contributed by atoms with Crippen LogP contribution in [0.2, 0.25) is 10.0 Å². The average Bonchev–Trinajstić information content (AvgIpc) is 2.65. The van der Waals surface area contributed by atoms with Crippen molar-refractivity contribution in [1.82, 2.24) is 4.90 Å². The number of hydrogen-bond donors (Lipinski definition) is 1. The molecule has 1 aliphatic heterocycles. The van der Waals surface area contributed by atoms with E-state index in [9.17, 15) is 18.0 Å². The Morgan fingerprint density at radius 2 is 1.79 bits per heavy atom. The van der Waals surface area contributed by atoms with Crippen molar-refractivity contribution in [2.24, 2.45) is 5.92 Å². The van der Waals surface area contributed by atoms with Crippen LogP contribution >= 0.6 is 23.2 Å². The van der Waals surface area contributed by atoms with Crippen LogP contribution in [0.3, 0.4) is 0 Å². The summed E-state index contributed by atoms with van der Waals surface area (Å²) < 4.78 is 38.7. The number of nitrogens with zero attached hydrogens (tertiary/aromatic N) is 1. The molecule has 3 nitrogen and oxygen atoms in total. The highest BCUT2D eigenvalue weighted by Gasteiger charge is 2.33. The number of benzene rings is 2. The molecule has 0 saturated carbocycles.